The molecule has 0 aliphatic carbocycles. The van der Waals surface area contributed by atoms with Crippen molar-refractivity contribution >= 4 is 91.1 Å². The standard InChI is InChI=1S/C50H55FN10O13P2S2Si/c1-50(2,3)79(4,5)74-40-38-34(71-49(40)60-23-30-15-11-19-58(41-35(30)42(60)54-26-53-41)44(62)29-13-7-6-8-14-29)25-69-76(78,67-22-12-18-52)73-39-36(51)33(24-68-75(66,77)72-38)70-48(39)61-28-55-37-43(61)56-27-57(47(37)65)20-21-59-45(63)31-16-9-10-17-32(31)46(59)64/h6-10,13-14,16-17,23,26-28,33-34,36,38-40,48-49H,11-12,15,19-22,24-25H2,1-5H3,(H,66,77)/t33-,34-,36-,38-,39-,40-,48-,49-,75?,76?/m1/s1. The summed E-state index contributed by atoms with van der Waals surface area (Å²) in [4.78, 5) is 87.1. The first-order valence-corrected chi connectivity index (χ1v) is 33.5. The van der Waals surface area contributed by atoms with Gasteiger partial charge in [0.15, 0.2) is 38.1 Å². The normalized spacial score (nSPS) is 28.5. The van der Waals surface area contributed by atoms with E-state index in [0.29, 0.717) is 41.8 Å². The van der Waals surface area contributed by atoms with Gasteiger partial charge in [-0.05, 0) is 84.4 Å². The molecule has 10 atom stereocenters. The fourth-order valence-electron chi connectivity index (χ4n) is 10.1. The second-order valence-corrected chi connectivity index (χ2v) is 31.6. The molecule has 0 saturated carbocycles. The number of aromatic nitrogens is 7. The van der Waals surface area contributed by atoms with E-state index in [0.717, 1.165) is 10.5 Å². The summed E-state index contributed by atoms with van der Waals surface area (Å²) in [6, 6.07) is 17.4. The lowest BCUT2D eigenvalue weighted by molar-refractivity contribution is -0.0618. The Morgan fingerprint density at radius 3 is 2.32 bits per heavy atom. The first-order chi connectivity index (χ1) is 37.7. The molecule has 1 N–H and O–H groups in total. The average molecular weight is 1180 g/mol. The number of rotatable bonds is 11. The largest absolute Gasteiger partial charge is 0.407 e. The highest BCUT2D eigenvalue weighted by Gasteiger charge is 2.56. The molecule has 2 bridgehead atoms. The molecule has 3 saturated heterocycles. The molecule has 4 aromatic heterocycles. The van der Waals surface area contributed by atoms with Crippen molar-refractivity contribution in [1.29, 1.82) is 5.26 Å². The number of ether oxygens (including phenoxy) is 2. The maximum Gasteiger partial charge on any atom is 0.327 e. The number of halogens is 1. The van der Waals surface area contributed by atoms with Crippen molar-refractivity contribution in [3.8, 4) is 6.07 Å². The zero-order chi connectivity index (χ0) is 55.8. The second-order valence-electron chi connectivity index (χ2n) is 21.1. The number of benzene rings is 2. The van der Waals surface area contributed by atoms with Gasteiger partial charge in [0.25, 0.3) is 23.3 Å². The van der Waals surface area contributed by atoms with Crippen LogP contribution in [0, 0.1) is 11.3 Å². The van der Waals surface area contributed by atoms with Gasteiger partial charge >= 0.3 is 13.4 Å². The molecule has 0 spiro atoms. The van der Waals surface area contributed by atoms with Gasteiger partial charge in [0.05, 0.1) is 55.2 Å². The summed E-state index contributed by atoms with van der Waals surface area (Å²) in [5.41, 5.74) is 1.46. The fraction of sp³-hybridized carbons (Fsp3) is 0.460. The van der Waals surface area contributed by atoms with Crippen LogP contribution in [0.3, 0.4) is 0 Å². The van der Waals surface area contributed by atoms with Gasteiger partial charge in [-0.25, -0.2) is 24.3 Å². The third-order valence-electron chi connectivity index (χ3n) is 15.1. The third-order valence-corrected chi connectivity index (χ3v) is 23.5. The number of nitrogens with zero attached hydrogens (tertiary/aromatic N) is 10. The molecular formula is C50H55FN10O13P2S2Si. The van der Waals surface area contributed by atoms with Crippen LogP contribution in [0.15, 0.2) is 84.6 Å². The second kappa shape index (κ2) is 21.5. The van der Waals surface area contributed by atoms with Crippen molar-refractivity contribution in [2.75, 3.05) is 37.8 Å². The minimum Gasteiger partial charge on any atom is -0.407 e. The van der Waals surface area contributed by atoms with E-state index in [1.165, 1.54) is 28.1 Å². The van der Waals surface area contributed by atoms with Crippen LogP contribution in [0.4, 0.5) is 10.2 Å². The first-order valence-electron chi connectivity index (χ1n) is 25.5. The zero-order valence-electron chi connectivity index (χ0n) is 43.4. The molecule has 3 amide bonds. The Morgan fingerprint density at radius 2 is 1.59 bits per heavy atom. The van der Waals surface area contributed by atoms with Gasteiger partial charge < -0.3 is 36.9 Å². The number of hydrogen-bond donors (Lipinski definition) is 1. The van der Waals surface area contributed by atoms with E-state index in [1.807, 2.05) is 31.4 Å². The number of anilines is 1. The van der Waals surface area contributed by atoms with E-state index >= 15 is 4.39 Å². The van der Waals surface area contributed by atoms with E-state index in [1.54, 1.807) is 58.0 Å². The molecule has 9 heterocycles. The van der Waals surface area contributed by atoms with Crippen molar-refractivity contribution in [3.05, 3.63) is 112 Å². The number of imide groups is 1. The smallest absolute Gasteiger partial charge is 0.327 e. The molecule has 3 fully saturated rings. The summed E-state index contributed by atoms with van der Waals surface area (Å²) in [6.07, 6.45) is -4.59. The summed E-state index contributed by atoms with van der Waals surface area (Å²) >= 11 is 11.8. The van der Waals surface area contributed by atoms with Gasteiger partial charge in [-0.15, -0.1) is 0 Å². The number of alkyl halides is 1. The van der Waals surface area contributed by atoms with Crippen molar-refractivity contribution < 1.29 is 60.2 Å². The minimum atomic E-state index is -4.41. The molecule has 2 unspecified atom stereocenters. The van der Waals surface area contributed by atoms with Crippen molar-refractivity contribution in [3.63, 3.8) is 0 Å². The summed E-state index contributed by atoms with van der Waals surface area (Å²) in [6.45, 7) is 0.420. The Kier molecular flexibility index (Phi) is 15.1. The van der Waals surface area contributed by atoms with E-state index in [9.17, 15) is 29.3 Å². The van der Waals surface area contributed by atoms with Crippen LogP contribution in [0.25, 0.3) is 22.2 Å². The van der Waals surface area contributed by atoms with Crippen molar-refractivity contribution in [2.24, 2.45) is 0 Å². The van der Waals surface area contributed by atoms with Crippen LogP contribution in [0.5, 0.6) is 0 Å². The Hall–Kier alpha value is -5.40. The average Bonchev–Trinajstić information content (AvgIpc) is 4.24. The maximum atomic E-state index is 17.2. The molecule has 11 rings (SSSR count). The highest BCUT2D eigenvalue weighted by Crippen LogP contribution is 2.58. The van der Waals surface area contributed by atoms with Gasteiger partial charge in [0.2, 0.25) is 0 Å². The monoisotopic (exact) mass is 1180 g/mol. The van der Waals surface area contributed by atoms with Crippen LogP contribution in [0.1, 0.15) is 82.7 Å². The Morgan fingerprint density at radius 1 is 0.886 bits per heavy atom. The van der Waals surface area contributed by atoms with Gasteiger partial charge in [-0.3, -0.25) is 47.2 Å². The molecule has 5 aliphatic heterocycles. The number of carbonyl (C=O) groups is 3. The van der Waals surface area contributed by atoms with E-state index < -0.39 is 101 Å². The molecule has 2 aromatic carbocycles. The van der Waals surface area contributed by atoms with Crippen LogP contribution in [-0.2, 0) is 73.1 Å². The highest BCUT2D eigenvalue weighted by molar-refractivity contribution is 8.07. The van der Waals surface area contributed by atoms with Crippen molar-refractivity contribution in [1.82, 2.24) is 38.5 Å². The predicted octanol–water partition coefficient (Wildman–Crippen LogP) is 6.64. The van der Waals surface area contributed by atoms with Gasteiger partial charge in [-0.2, -0.15) is 5.26 Å². The molecule has 0 radical (unpaired) electrons. The number of aryl methyl sites for hydroxylation is 1. The van der Waals surface area contributed by atoms with Crippen LogP contribution >= 0.6 is 13.4 Å². The van der Waals surface area contributed by atoms with Gasteiger partial charge in [-0.1, -0.05) is 51.1 Å². The lowest BCUT2D eigenvalue weighted by Gasteiger charge is -2.41. The number of fused-ring (bicyclic) bond motifs is 5. The highest BCUT2D eigenvalue weighted by atomic mass is 32.5. The Balaban J connectivity index is 0.924. The van der Waals surface area contributed by atoms with Crippen LogP contribution in [-0.4, -0.2) is 139 Å². The summed E-state index contributed by atoms with van der Waals surface area (Å²) < 4.78 is 73.4. The maximum absolute atomic E-state index is 17.2. The van der Waals surface area contributed by atoms with Crippen LogP contribution in [0.2, 0.25) is 18.1 Å². The van der Waals surface area contributed by atoms with E-state index in [4.69, 9.17) is 65.1 Å². The number of hydrogen-bond acceptors (Lipinski definition) is 19. The predicted molar refractivity (Wildman–Crippen MR) is 291 cm³/mol. The molecule has 5 aliphatic rings. The molecule has 23 nitrogen and oxygen atoms in total. The topological polar surface area (TPSA) is 259 Å². The lowest BCUT2D eigenvalue weighted by atomic mass is 10.1. The van der Waals surface area contributed by atoms with Crippen molar-refractivity contribution in [2.45, 2.75) is 114 Å². The van der Waals surface area contributed by atoms with E-state index in [-0.39, 0.29) is 59.4 Å². The molecule has 416 valence electrons. The molecule has 79 heavy (non-hydrogen) atoms. The quantitative estimate of drug-likeness (QED) is 0.0617. The number of imidazole rings is 1. The Bertz CT molecular complexity index is 3560. The molecule has 29 heteroatoms. The van der Waals surface area contributed by atoms with E-state index in [2.05, 4.69) is 35.7 Å². The van der Waals surface area contributed by atoms with Gasteiger partial charge in [0, 0.05) is 31.4 Å². The molecule has 6 aromatic rings. The summed E-state index contributed by atoms with van der Waals surface area (Å²) in [7, 11) is -2.81. The zero-order valence-corrected chi connectivity index (χ0v) is 47.8. The van der Waals surface area contributed by atoms with Crippen LogP contribution < -0.4 is 10.5 Å². The number of nitriles is 1. The SMILES string of the molecule is CC(C)(C)[Si](C)(C)O[C@@H]1[C@@H]2OP(O)(=S)OC[C@H]3O[C@@H](n4cnc5c(=O)n(CCN6C(=O)c7ccccc7C6=O)cnc54)[C@H](OP(=S)(OCCC#N)OC[C@H]2O[C@H]1n1cc2c4c(ncnc41)N(C(=O)c1ccccc1)CCC2)[C@@H]3F. The first kappa shape index (κ1) is 55.5. The minimum absolute atomic E-state index is 0.0497. The molecular weight excluding hydrogens is 1120 g/mol. The summed E-state index contributed by atoms with van der Waals surface area (Å²) in [5, 5.41) is 9.84. The lowest BCUT2D eigenvalue weighted by Crippen LogP contribution is -2.49. The Labute approximate surface area is 463 Å². The fourth-order valence-corrected chi connectivity index (χ4v) is 14.9. The third kappa shape index (κ3) is 10.4. The summed E-state index contributed by atoms with van der Waals surface area (Å²) in [5.74, 6) is -0.775. The number of amides is 3. The van der Waals surface area contributed by atoms with Gasteiger partial charge in [0.1, 0.15) is 54.6 Å². The number of carbonyl (C=O) groups excluding carboxylic acids is 3.